The average molecular weight is 337 g/mol. The van der Waals surface area contributed by atoms with Crippen LogP contribution in [0, 0.1) is 0 Å². The number of guanidine groups is 1. The molecule has 0 amide bonds. The third-order valence-corrected chi connectivity index (χ3v) is 5.65. The summed E-state index contributed by atoms with van der Waals surface area (Å²) in [7, 11) is 3.49. The lowest BCUT2D eigenvalue weighted by Gasteiger charge is -2.36. The number of thioether (sulfide) groups is 1. The molecule has 0 aromatic heterocycles. The second-order valence-electron chi connectivity index (χ2n) is 5.63. The number of benzene rings is 1. The summed E-state index contributed by atoms with van der Waals surface area (Å²) in [6.07, 6.45) is 4.33. The molecule has 1 aliphatic heterocycles. The molecule has 1 aromatic rings. The summed E-state index contributed by atoms with van der Waals surface area (Å²) >= 11 is 1.92. The lowest BCUT2D eigenvalue weighted by atomic mass is 9.99. The third-order valence-electron chi connectivity index (χ3n) is 4.23. The standard InChI is InChI=1S/C17H27N3O2S/c1-18-16(19-12-14-5-4-6-15(11-14)21-2)20-13-17(23-3)7-9-22-10-8-17/h4-6,11H,7-10,12-13H2,1-3H3,(H2,18,19,20). The lowest BCUT2D eigenvalue weighted by Crippen LogP contribution is -2.47. The Hall–Kier alpha value is -1.40. The van der Waals surface area contributed by atoms with Crippen LogP contribution in [-0.2, 0) is 11.3 Å². The van der Waals surface area contributed by atoms with E-state index in [1.165, 1.54) is 0 Å². The van der Waals surface area contributed by atoms with Gasteiger partial charge >= 0.3 is 0 Å². The Morgan fingerprint density at radius 1 is 1.35 bits per heavy atom. The van der Waals surface area contributed by atoms with Crippen LogP contribution in [0.5, 0.6) is 5.75 Å². The second-order valence-corrected chi connectivity index (χ2v) is 6.90. The van der Waals surface area contributed by atoms with Crippen LogP contribution < -0.4 is 15.4 Å². The molecule has 1 fully saturated rings. The van der Waals surface area contributed by atoms with Crippen LogP contribution in [0.25, 0.3) is 0 Å². The predicted molar refractivity (Wildman–Crippen MR) is 97.5 cm³/mol. The summed E-state index contributed by atoms with van der Waals surface area (Å²) in [4.78, 5) is 4.32. The smallest absolute Gasteiger partial charge is 0.191 e. The van der Waals surface area contributed by atoms with Gasteiger partial charge in [0.2, 0.25) is 0 Å². The Labute approximate surface area is 143 Å². The molecule has 0 unspecified atom stereocenters. The first kappa shape index (κ1) is 17.9. The maximum atomic E-state index is 5.49. The topological polar surface area (TPSA) is 54.9 Å². The fourth-order valence-corrected chi connectivity index (χ4v) is 3.42. The monoisotopic (exact) mass is 337 g/mol. The zero-order chi connectivity index (χ0) is 16.5. The van der Waals surface area contributed by atoms with Crippen molar-refractivity contribution >= 4 is 17.7 Å². The summed E-state index contributed by atoms with van der Waals surface area (Å²) in [6, 6.07) is 8.05. The number of nitrogens with zero attached hydrogens (tertiary/aromatic N) is 1. The Balaban J connectivity index is 1.85. The Kier molecular flexibility index (Phi) is 7.05. The van der Waals surface area contributed by atoms with Gasteiger partial charge < -0.3 is 20.1 Å². The highest BCUT2D eigenvalue weighted by molar-refractivity contribution is 8.00. The van der Waals surface area contributed by atoms with E-state index in [0.29, 0.717) is 6.54 Å². The van der Waals surface area contributed by atoms with Crippen LogP contribution in [0.3, 0.4) is 0 Å². The molecule has 1 aliphatic rings. The zero-order valence-corrected chi connectivity index (χ0v) is 15.0. The molecule has 0 radical (unpaired) electrons. The number of aliphatic imine (C=N–C) groups is 1. The highest BCUT2D eigenvalue weighted by Gasteiger charge is 2.31. The summed E-state index contributed by atoms with van der Waals surface area (Å²) in [5.41, 5.74) is 1.16. The quantitative estimate of drug-likeness (QED) is 0.616. The SMILES string of the molecule is CN=C(NCc1cccc(OC)c1)NCC1(SC)CCOCC1. The molecule has 0 bridgehead atoms. The van der Waals surface area contributed by atoms with E-state index in [0.717, 1.165) is 49.9 Å². The Morgan fingerprint density at radius 3 is 2.78 bits per heavy atom. The van der Waals surface area contributed by atoms with Crippen LogP contribution in [0.2, 0.25) is 0 Å². The van der Waals surface area contributed by atoms with E-state index < -0.39 is 0 Å². The molecular weight excluding hydrogens is 310 g/mol. The summed E-state index contributed by atoms with van der Waals surface area (Å²) < 4.78 is 11.0. The number of nitrogens with one attached hydrogen (secondary N) is 2. The molecule has 23 heavy (non-hydrogen) atoms. The number of hydrogen-bond donors (Lipinski definition) is 2. The van der Waals surface area contributed by atoms with Crippen LogP contribution in [0.4, 0.5) is 0 Å². The molecule has 128 valence electrons. The van der Waals surface area contributed by atoms with E-state index >= 15 is 0 Å². The Morgan fingerprint density at radius 2 is 2.13 bits per heavy atom. The molecule has 0 atom stereocenters. The van der Waals surface area contributed by atoms with E-state index in [4.69, 9.17) is 9.47 Å². The van der Waals surface area contributed by atoms with Crippen LogP contribution >= 0.6 is 11.8 Å². The van der Waals surface area contributed by atoms with Gasteiger partial charge in [-0.25, -0.2) is 0 Å². The number of methoxy groups -OCH3 is 1. The number of hydrogen-bond acceptors (Lipinski definition) is 4. The van der Waals surface area contributed by atoms with Crippen molar-refractivity contribution in [2.75, 3.05) is 40.2 Å². The molecule has 2 rings (SSSR count). The number of rotatable bonds is 6. The molecule has 5 nitrogen and oxygen atoms in total. The molecule has 1 saturated heterocycles. The van der Waals surface area contributed by atoms with Crippen LogP contribution in [0.1, 0.15) is 18.4 Å². The maximum Gasteiger partial charge on any atom is 0.191 e. The first-order chi connectivity index (χ1) is 11.2. The highest BCUT2D eigenvalue weighted by Crippen LogP contribution is 2.32. The largest absolute Gasteiger partial charge is 0.497 e. The molecule has 6 heteroatoms. The van der Waals surface area contributed by atoms with Crippen LogP contribution in [-0.4, -0.2) is 50.9 Å². The van der Waals surface area contributed by atoms with E-state index in [2.05, 4.69) is 27.9 Å². The van der Waals surface area contributed by atoms with Gasteiger partial charge in [0.1, 0.15) is 5.75 Å². The second kappa shape index (κ2) is 9.03. The summed E-state index contributed by atoms with van der Waals surface area (Å²) in [5.74, 6) is 1.70. The van der Waals surface area contributed by atoms with Gasteiger partial charge in [-0.1, -0.05) is 12.1 Å². The first-order valence-electron chi connectivity index (χ1n) is 7.92. The van der Waals surface area contributed by atoms with Crippen molar-refractivity contribution in [3.05, 3.63) is 29.8 Å². The zero-order valence-electron chi connectivity index (χ0n) is 14.2. The summed E-state index contributed by atoms with van der Waals surface area (Å²) in [6.45, 7) is 3.30. The fourth-order valence-electron chi connectivity index (χ4n) is 2.63. The fraction of sp³-hybridized carbons (Fsp3) is 0.588. The van der Waals surface area contributed by atoms with Crippen molar-refractivity contribution in [2.45, 2.75) is 24.1 Å². The molecule has 1 aromatic carbocycles. The molecule has 1 heterocycles. The van der Waals surface area contributed by atoms with Crippen molar-refractivity contribution in [1.29, 1.82) is 0 Å². The van der Waals surface area contributed by atoms with Crippen molar-refractivity contribution in [3.63, 3.8) is 0 Å². The summed E-state index contributed by atoms with van der Waals surface area (Å²) in [5, 5.41) is 6.82. The minimum absolute atomic E-state index is 0.242. The van der Waals surface area contributed by atoms with E-state index in [1.54, 1.807) is 14.2 Å². The minimum atomic E-state index is 0.242. The van der Waals surface area contributed by atoms with Gasteiger partial charge in [0, 0.05) is 38.1 Å². The molecule has 0 spiro atoms. The molecular formula is C17H27N3O2S. The Bertz CT molecular complexity index is 516. The predicted octanol–water partition coefficient (Wildman–Crippen LogP) is 2.27. The average Bonchev–Trinajstić information content (AvgIpc) is 2.63. The van der Waals surface area contributed by atoms with Gasteiger partial charge in [0.15, 0.2) is 5.96 Å². The van der Waals surface area contributed by atoms with Crippen molar-refractivity contribution in [2.24, 2.45) is 4.99 Å². The van der Waals surface area contributed by atoms with Gasteiger partial charge in [-0.15, -0.1) is 0 Å². The highest BCUT2D eigenvalue weighted by atomic mass is 32.2. The third kappa shape index (κ3) is 5.32. The van der Waals surface area contributed by atoms with Gasteiger partial charge in [0.25, 0.3) is 0 Å². The first-order valence-corrected chi connectivity index (χ1v) is 9.14. The van der Waals surface area contributed by atoms with Gasteiger partial charge in [-0.3, -0.25) is 4.99 Å². The number of ether oxygens (including phenoxy) is 2. The minimum Gasteiger partial charge on any atom is -0.497 e. The van der Waals surface area contributed by atoms with Gasteiger partial charge in [0.05, 0.1) is 7.11 Å². The molecule has 0 saturated carbocycles. The van der Waals surface area contributed by atoms with Crippen molar-refractivity contribution in [1.82, 2.24) is 10.6 Å². The lowest BCUT2D eigenvalue weighted by molar-refractivity contribution is 0.0783. The van der Waals surface area contributed by atoms with E-state index in [1.807, 2.05) is 30.0 Å². The van der Waals surface area contributed by atoms with E-state index in [9.17, 15) is 0 Å². The van der Waals surface area contributed by atoms with Crippen LogP contribution in [0.15, 0.2) is 29.3 Å². The maximum absolute atomic E-state index is 5.49. The van der Waals surface area contributed by atoms with Crippen molar-refractivity contribution < 1.29 is 9.47 Å². The van der Waals surface area contributed by atoms with E-state index in [-0.39, 0.29) is 4.75 Å². The van der Waals surface area contributed by atoms with Crippen molar-refractivity contribution in [3.8, 4) is 5.75 Å². The normalized spacial score (nSPS) is 17.6. The van der Waals surface area contributed by atoms with Gasteiger partial charge in [-0.2, -0.15) is 11.8 Å². The van der Waals surface area contributed by atoms with Gasteiger partial charge in [-0.05, 0) is 36.8 Å². The molecule has 2 N–H and O–H groups in total. The molecule has 0 aliphatic carbocycles.